The van der Waals surface area contributed by atoms with Crippen LogP contribution in [0.4, 0.5) is 10.2 Å². The molecule has 7 nitrogen and oxygen atoms in total. The standard InChI is InChI=1S/C22H26FN7S.HI/c1-15(16-9-11-31-14-16)13-28-22(26-2)27-10-3-4-20-19(12-24)21(25)30(29-20)18-7-5-17(23)6-8-18;/h5-9,11,14-15H,3-4,10,13,25H2,1-2H3,(H2,26,27,28);1H. The summed E-state index contributed by atoms with van der Waals surface area (Å²) in [6.45, 7) is 3.63. The number of aromatic nitrogens is 2. The molecule has 10 heteroatoms. The number of aliphatic imine (C=N–C) groups is 1. The molecule has 1 atom stereocenters. The molecule has 0 aliphatic rings. The van der Waals surface area contributed by atoms with E-state index in [0.29, 0.717) is 35.8 Å². The average Bonchev–Trinajstić information content (AvgIpc) is 3.42. The maximum Gasteiger partial charge on any atom is 0.190 e. The fourth-order valence-corrected chi connectivity index (χ4v) is 3.94. The molecule has 2 heterocycles. The Hall–Kier alpha value is -2.65. The number of nitriles is 1. The summed E-state index contributed by atoms with van der Waals surface area (Å²) >= 11 is 1.70. The van der Waals surface area contributed by atoms with Gasteiger partial charge in [0.25, 0.3) is 0 Å². The van der Waals surface area contributed by atoms with E-state index in [-0.39, 0.29) is 35.6 Å². The molecule has 0 saturated heterocycles. The summed E-state index contributed by atoms with van der Waals surface area (Å²) in [6, 6.07) is 10.1. The zero-order valence-electron chi connectivity index (χ0n) is 18.0. The lowest BCUT2D eigenvalue weighted by Gasteiger charge is -2.15. The number of nitrogen functional groups attached to an aromatic ring is 1. The van der Waals surface area contributed by atoms with Gasteiger partial charge in [-0.2, -0.15) is 21.7 Å². The second-order valence-electron chi connectivity index (χ2n) is 7.15. The predicted molar refractivity (Wildman–Crippen MR) is 138 cm³/mol. The van der Waals surface area contributed by atoms with E-state index >= 15 is 0 Å². The molecule has 0 bridgehead atoms. The molecule has 1 unspecified atom stereocenters. The third-order valence-electron chi connectivity index (χ3n) is 4.97. The Kier molecular flexibility index (Phi) is 9.93. The van der Waals surface area contributed by atoms with Crippen molar-refractivity contribution in [3.05, 3.63) is 63.7 Å². The van der Waals surface area contributed by atoms with Gasteiger partial charge >= 0.3 is 0 Å². The number of aryl methyl sites for hydroxylation is 1. The second-order valence-corrected chi connectivity index (χ2v) is 7.93. The summed E-state index contributed by atoms with van der Waals surface area (Å²) in [7, 11) is 1.74. The van der Waals surface area contributed by atoms with Crippen LogP contribution in [0.1, 0.15) is 36.1 Å². The summed E-state index contributed by atoms with van der Waals surface area (Å²) in [4.78, 5) is 4.26. The van der Waals surface area contributed by atoms with Crippen LogP contribution in [0, 0.1) is 17.1 Å². The lowest BCUT2D eigenvalue weighted by molar-refractivity contribution is 0.627. The maximum absolute atomic E-state index is 13.2. The molecular weight excluding hydrogens is 540 g/mol. The number of hydrogen-bond donors (Lipinski definition) is 3. The van der Waals surface area contributed by atoms with Crippen LogP contribution in [0.15, 0.2) is 46.1 Å². The average molecular weight is 567 g/mol. The van der Waals surface area contributed by atoms with Gasteiger partial charge < -0.3 is 16.4 Å². The van der Waals surface area contributed by atoms with Gasteiger partial charge in [-0.1, -0.05) is 6.92 Å². The number of nitrogens with two attached hydrogens (primary N) is 1. The molecule has 0 aliphatic carbocycles. The van der Waals surface area contributed by atoms with Crippen molar-refractivity contribution in [2.24, 2.45) is 4.99 Å². The molecule has 4 N–H and O–H groups in total. The minimum atomic E-state index is -0.340. The number of thiophene rings is 1. The number of nitrogens with one attached hydrogen (secondary N) is 2. The van der Waals surface area contributed by atoms with E-state index in [2.05, 4.69) is 50.5 Å². The first-order valence-electron chi connectivity index (χ1n) is 10.0. The van der Waals surface area contributed by atoms with Crippen molar-refractivity contribution >= 4 is 47.1 Å². The Morgan fingerprint density at radius 2 is 2.06 bits per heavy atom. The maximum atomic E-state index is 13.2. The highest BCUT2D eigenvalue weighted by molar-refractivity contribution is 14.0. The predicted octanol–water partition coefficient (Wildman–Crippen LogP) is 4.05. The summed E-state index contributed by atoms with van der Waals surface area (Å²) in [6.07, 6.45) is 1.33. The largest absolute Gasteiger partial charge is 0.382 e. The normalized spacial score (nSPS) is 12.0. The number of hydrogen-bond acceptors (Lipinski definition) is 5. The Balaban J connectivity index is 0.00000363. The smallest absolute Gasteiger partial charge is 0.190 e. The van der Waals surface area contributed by atoms with E-state index in [1.165, 1.54) is 22.4 Å². The van der Waals surface area contributed by atoms with E-state index in [0.717, 1.165) is 18.9 Å². The van der Waals surface area contributed by atoms with Crippen LogP contribution in [0.2, 0.25) is 0 Å². The van der Waals surface area contributed by atoms with Crippen molar-refractivity contribution in [1.82, 2.24) is 20.4 Å². The van der Waals surface area contributed by atoms with Crippen LogP contribution >= 0.6 is 35.3 Å². The first kappa shape index (κ1) is 25.6. The molecule has 1 aromatic carbocycles. The van der Waals surface area contributed by atoms with Crippen molar-refractivity contribution in [3.8, 4) is 11.8 Å². The monoisotopic (exact) mass is 567 g/mol. The molecule has 0 radical (unpaired) electrons. The number of anilines is 1. The van der Waals surface area contributed by atoms with E-state index in [9.17, 15) is 9.65 Å². The highest BCUT2D eigenvalue weighted by Crippen LogP contribution is 2.21. The minimum absolute atomic E-state index is 0. The Morgan fingerprint density at radius 1 is 1.31 bits per heavy atom. The topological polar surface area (TPSA) is 104 Å². The van der Waals surface area contributed by atoms with Gasteiger partial charge in [0.05, 0.1) is 11.4 Å². The molecule has 170 valence electrons. The summed E-state index contributed by atoms with van der Waals surface area (Å²) in [5.41, 5.74) is 9.02. The molecule has 0 aliphatic heterocycles. The van der Waals surface area contributed by atoms with Gasteiger partial charge in [-0.05, 0) is 65.4 Å². The number of guanidine groups is 1. The van der Waals surface area contributed by atoms with E-state index < -0.39 is 0 Å². The summed E-state index contributed by atoms with van der Waals surface area (Å²) in [5.74, 6) is 1.05. The van der Waals surface area contributed by atoms with Gasteiger partial charge in [-0.15, -0.1) is 24.0 Å². The Labute approximate surface area is 208 Å². The summed E-state index contributed by atoms with van der Waals surface area (Å²) < 4.78 is 14.7. The van der Waals surface area contributed by atoms with Gasteiger partial charge in [0.15, 0.2) is 5.96 Å². The fourth-order valence-electron chi connectivity index (χ4n) is 3.16. The highest BCUT2D eigenvalue weighted by Gasteiger charge is 2.16. The zero-order chi connectivity index (χ0) is 22.2. The van der Waals surface area contributed by atoms with Crippen molar-refractivity contribution in [1.29, 1.82) is 5.26 Å². The minimum Gasteiger partial charge on any atom is -0.382 e. The molecule has 3 rings (SSSR count). The van der Waals surface area contributed by atoms with Crippen LogP contribution in [-0.4, -0.2) is 35.9 Å². The first-order chi connectivity index (χ1) is 15.0. The molecule has 0 saturated carbocycles. The van der Waals surface area contributed by atoms with Crippen molar-refractivity contribution in [2.75, 3.05) is 25.9 Å². The highest BCUT2D eigenvalue weighted by atomic mass is 127. The van der Waals surface area contributed by atoms with Gasteiger partial charge in [0.2, 0.25) is 0 Å². The first-order valence-corrected chi connectivity index (χ1v) is 11.0. The van der Waals surface area contributed by atoms with Crippen LogP contribution in [0.5, 0.6) is 0 Å². The van der Waals surface area contributed by atoms with Gasteiger partial charge in [-0.3, -0.25) is 4.99 Å². The fraction of sp³-hybridized carbons (Fsp3) is 0.318. The SMILES string of the molecule is CN=C(NCCCc1nn(-c2ccc(F)cc2)c(N)c1C#N)NCC(C)c1ccsc1.I. The molecular formula is C22H27FIN7S. The number of halogens is 2. The van der Waals surface area contributed by atoms with Gasteiger partial charge in [-0.25, -0.2) is 9.07 Å². The lowest BCUT2D eigenvalue weighted by atomic mass is 10.1. The van der Waals surface area contributed by atoms with Gasteiger partial charge in [0, 0.05) is 20.1 Å². The van der Waals surface area contributed by atoms with Crippen molar-refractivity contribution in [3.63, 3.8) is 0 Å². The Bertz CT molecular complexity index is 1060. The second kappa shape index (κ2) is 12.4. The molecule has 2 aromatic heterocycles. The van der Waals surface area contributed by atoms with Crippen LogP contribution in [-0.2, 0) is 6.42 Å². The zero-order valence-corrected chi connectivity index (χ0v) is 21.2. The summed E-state index contributed by atoms with van der Waals surface area (Å²) in [5, 5.41) is 24.8. The Morgan fingerprint density at radius 3 is 2.69 bits per heavy atom. The molecule has 32 heavy (non-hydrogen) atoms. The third kappa shape index (κ3) is 6.43. The lowest BCUT2D eigenvalue weighted by Crippen LogP contribution is -2.39. The van der Waals surface area contributed by atoms with E-state index in [1.54, 1.807) is 30.5 Å². The van der Waals surface area contributed by atoms with Crippen LogP contribution in [0.25, 0.3) is 5.69 Å². The number of nitrogens with zero attached hydrogens (tertiary/aromatic N) is 4. The van der Waals surface area contributed by atoms with E-state index in [1.807, 2.05) is 0 Å². The molecule has 0 amide bonds. The third-order valence-corrected chi connectivity index (χ3v) is 5.67. The molecule has 0 spiro atoms. The number of benzene rings is 1. The van der Waals surface area contributed by atoms with E-state index in [4.69, 9.17) is 5.73 Å². The van der Waals surface area contributed by atoms with Crippen LogP contribution in [0.3, 0.4) is 0 Å². The van der Waals surface area contributed by atoms with Crippen molar-refractivity contribution < 1.29 is 4.39 Å². The molecule has 3 aromatic rings. The number of rotatable bonds is 8. The van der Waals surface area contributed by atoms with Crippen molar-refractivity contribution in [2.45, 2.75) is 25.7 Å². The molecule has 0 fully saturated rings. The van der Waals surface area contributed by atoms with Gasteiger partial charge in [0.1, 0.15) is 23.3 Å². The quantitative estimate of drug-likeness (QED) is 0.165. The van der Waals surface area contributed by atoms with Crippen LogP contribution < -0.4 is 16.4 Å².